The highest BCUT2D eigenvalue weighted by Gasteiger charge is 2.35. The molecule has 1 aliphatic heterocycles. The minimum absolute atomic E-state index is 0.00546. The lowest BCUT2D eigenvalue weighted by molar-refractivity contribution is 0.0266. The summed E-state index contributed by atoms with van der Waals surface area (Å²) in [4.78, 5) is 1.24. The number of hydrogen-bond donors (Lipinski definition) is 0. The molecule has 0 bridgehead atoms. The van der Waals surface area contributed by atoms with Crippen LogP contribution in [0.2, 0.25) is 5.02 Å². The van der Waals surface area contributed by atoms with Crippen molar-refractivity contribution in [2.45, 2.75) is 24.9 Å². The van der Waals surface area contributed by atoms with Gasteiger partial charge in [0.15, 0.2) is 0 Å². The van der Waals surface area contributed by atoms with E-state index in [1.807, 2.05) is 11.4 Å². The fourth-order valence-electron chi connectivity index (χ4n) is 1.79. The van der Waals surface area contributed by atoms with Crippen LogP contribution in [0.15, 0.2) is 11.4 Å². The molecule has 1 aliphatic rings. The molecule has 14 heavy (non-hydrogen) atoms. The number of hydrogen-bond acceptors (Lipinski definition) is 2. The SMILES string of the molecule is Clc1ccsc1CC1(CBr)CCCO1. The average Bonchev–Trinajstić information content (AvgIpc) is 2.79. The maximum atomic E-state index is 6.08. The molecule has 0 amide bonds. The average molecular weight is 296 g/mol. The largest absolute Gasteiger partial charge is 0.374 e. The number of alkyl halides is 1. The van der Waals surface area contributed by atoms with E-state index in [4.69, 9.17) is 16.3 Å². The lowest BCUT2D eigenvalue weighted by Crippen LogP contribution is -2.32. The predicted molar refractivity (Wildman–Crippen MR) is 64.7 cm³/mol. The topological polar surface area (TPSA) is 9.23 Å². The van der Waals surface area contributed by atoms with E-state index in [0.717, 1.165) is 36.2 Å². The Bertz CT molecular complexity index is 307. The zero-order valence-corrected chi connectivity index (χ0v) is 10.9. The summed E-state index contributed by atoms with van der Waals surface area (Å²) in [6.07, 6.45) is 3.23. The normalized spacial score (nSPS) is 27.0. The quantitative estimate of drug-likeness (QED) is 0.769. The molecule has 0 aromatic carbocycles. The van der Waals surface area contributed by atoms with Crippen molar-refractivity contribution in [3.8, 4) is 0 Å². The second-order valence-corrected chi connectivity index (χ2v) is 5.61. The summed E-state index contributed by atoms with van der Waals surface area (Å²) in [5.74, 6) is 0. The molecular formula is C10H12BrClOS. The van der Waals surface area contributed by atoms with Gasteiger partial charge in [-0.3, -0.25) is 0 Å². The van der Waals surface area contributed by atoms with Gasteiger partial charge in [0, 0.05) is 23.2 Å². The molecule has 0 spiro atoms. The van der Waals surface area contributed by atoms with E-state index in [1.54, 1.807) is 11.3 Å². The Labute approximate surface area is 102 Å². The van der Waals surface area contributed by atoms with Crippen molar-refractivity contribution in [1.29, 1.82) is 0 Å². The first-order chi connectivity index (χ1) is 6.76. The zero-order chi connectivity index (χ0) is 10.0. The summed E-state index contributed by atoms with van der Waals surface area (Å²) in [5.41, 5.74) is -0.00546. The Hall–Kier alpha value is 0.430. The van der Waals surface area contributed by atoms with Crippen molar-refractivity contribution < 1.29 is 4.74 Å². The maximum absolute atomic E-state index is 6.08. The van der Waals surface area contributed by atoms with Gasteiger partial charge in [-0.25, -0.2) is 0 Å². The van der Waals surface area contributed by atoms with Crippen molar-refractivity contribution in [2.75, 3.05) is 11.9 Å². The van der Waals surface area contributed by atoms with Gasteiger partial charge in [0.25, 0.3) is 0 Å². The molecule has 1 atom stereocenters. The molecular weight excluding hydrogens is 284 g/mol. The Morgan fingerprint density at radius 3 is 3.00 bits per heavy atom. The summed E-state index contributed by atoms with van der Waals surface area (Å²) in [7, 11) is 0. The van der Waals surface area contributed by atoms with E-state index < -0.39 is 0 Å². The summed E-state index contributed by atoms with van der Waals surface area (Å²) in [5, 5.41) is 3.81. The number of rotatable bonds is 3. The third-order valence-corrected chi connectivity index (χ3v) is 5.01. The number of halogens is 2. The van der Waals surface area contributed by atoms with Crippen LogP contribution < -0.4 is 0 Å². The fraction of sp³-hybridized carbons (Fsp3) is 0.600. The third-order valence-electron chi connectivity index (χ3n) is 2.60. The highest BCUT2D eigenvalue weighted by atomic mass is 79.9. The predicted octanol–water partition coefficient (Wildman–Crippen LogP) is 3.89. The van der Waals surface area contributed by atoms with E-state index >= 15 is 0 Å². The van der Waals surface area contributed by atoms with Crippen LogP contribution in [0.3, 0.4) is 0 Å². The molecule has 2 heterocycles. The first kappa shape index (κ1) is 10.9. The number of thiophene rings is 1. The Kier molecular flexibility index (Phi) is 3.53. The van der Waals surface area contributed by atoms with E-state index in [2.05, 4.69) is 15.9 Å². The van der Waals surface area contributed by atoms with Gasteiger partial charge in [0.2, 0.25) is 0 Å². The maximum Gasteiger partial charge on any atom is 0.0828 e. The lowest BCUT2D eigenvalue weighted by Gasteiger charge is -2.25. The van der Waals surface area contributed by atoms with Gasteiger partial charge in [-0.05, 0) is 24.3 Å². The second-order valence-electron chi connectivity index (χ2n) is 3.64. The van der Waals surface area contributed by atoms with Crippen molar-refractivity contribution in [1.82, 2.24) is 0 Å². The summed E-state index contributed by atoms with van der Waals surface area (Å²) in [6.45, 7) is 0.884. The molecule has 1 unspecified atom stereocenters. The minimum atomic E-state index is -0.00546. The fourth-order valence-corrected chi connectivity index (χ4v) is 3.67. The smallest absolute Gasteiger partial charge is 0.0828 e. The molecule has 0 saturated carbocycles. The molecule has 78 valence electrons. The lowest BCUT2D eigenvalue weighted by atomic mass is 9.98. The van der Waals surface area contributed by atoms with Crippen LogP contribution in [0.5, 0.6) is 0 Å². The van der Waals surface area contributed by atoms with E-state index in [9.17, 15) is 0 Å². The van der Waals surface area contributed by atoms with Gasteiger partial charge >= 0.3 is 0 Å². The third kappa shape index (κ3) is 2.16. The molecule has 1 nitrogen and oxygen atoms in total. The van der Waals surface area contributed by atoms with Gasteiger partial charge in [-0.1, -0.05) is 27.5 Å². The summed E-state index contributed by atoms with van der Waals surface area (Å²) < 4.78 is 5.82. The highest BCUT2D eigenvalue weighted by molar-refractivity contribution is 9.09. The molecule has 1 fully saturated rings. The molecule has 0 N–H and O–H groups in total. The Morgan fingerprint density at radius 1 is 1.64 bits per heavy atom. The van der Waals surface area contributed by atoms with Crippen LogP contribution in [0.4, 0.5) is 0 Å². The van der Waals surface area contributed by atoms with E-state index in [-0.39, 0.29) is 5.60 Å². The van der Waals surface area contributed by atoms with Crippen LogP contribution in [0, 0.1) is 0 Å². The van der Waals surface area contributed by atoms with Crippen molar-refractivity contribution in [2.24, 2.45) is 0 Å². The Balaban J connectivity index is 2.12. The van der Waals surface area contributed by atoms with Crippen LogP contribution in [-0.4, -0.2) is 17.5 Å². The molecule has 1 aromatic rings. The van der Waals surface area contributed by atoms with Crippen molar-refractivity contribution >= 4 is 38.9 Å². The van der Waals surface area contributed by atoms with E-state index in [0.29, 0.717) is 0 Å². The van der Waals surface area contributed by atoms with Crippen LogP contribution in [0.25, 0.3) is 0 Å². The monoisotopic (exact) mass is 294 g/mol. The van der Waals surface area contributed by atoms with Crippen molar-refractivity contribution in [3.63, 3.8) is 0 Å². The molecule has 0 aliphatic carbocycles. The summed E-state index contributed by atoms with van der Waals surface area (Å²) >= 11 is 11.3. The molecule has 0 radical (unpaired) electrons. The zero-order valence-electron chi connectivity index (χ0n) is 7.76. The van der Waals surface area contributed by atoms with Crippen molar-refractivity contribution in [3.05, 3.63) is 21.3 Å². The van der Waals surface area contributed by atoms with Gasteiger partial charge in [0.05, 0.1) is 10.6 Å². The molecule has 1 saturated heterocycles. The standard InChI is InChI=1S/C10H12BrClOS/c11-7-10(3-1-4-13-10)6-9-8(12)2-5-14-9/h2,5H,1,3-4,6-7H2. The first-order valence-electron chi connectivity index (χ1n) is 4.68. The first-order valence-corrected chi connectivity index (χ1v) is 7.05. The van der Waals surface area contributed by atoms with Crippen LogP contribution in [0.1, 0.15) is 17.7 Å². The second kappa shape index (κ2) is 4.52. The highest BCUT2D eigenvalue weighted by Crippen LogP contribution is 2.35. The summed E-state index contributed by atoms with van der Waals surface area (Å²) in [6, 6.07) is 1.96. The van der Waals surface area contributed by atoms with Gasteiger partial charge in [-0.2, -0.15) is 0 Å². The van der Waals surface area contributed by atoms with E-state index in [1.165, 1.54) is 4.88 Å². The molecule has 4 heteroatoms. The van der Waals surface area contributed by atoms with Gasteiger partial charge < -0.3 is 4.74 Å². The Morgan fingerprint density at radius 2 is 2.50 bits per heavy atom. The molecule has 1 aromatic heterocycles. The van der Waals surface area contributed by atoms with Gasteiger partial charge in [-0.15, -0.1) is 11.3 Å². The van der Waals surface area contributed by atoms with Crippen LogP contribution >= 0.6 is 38.9 Å². The number of ether oxygens (including phenoxy) is 1. The van der Waals surface area contributed by atoms with Crippen LogP contribution in [-0.2, 0) is 11.2 Å². The van der Waals surface area contributed by atoms with Gasteiger partial charge in [0.1, 0.15) is 0 Å². The minimum Gasteiger partial charge on any atom is -0.374 e. The molecule has 2 rings (SSSR count).